The average Bonchev–Trinajstić information content (AvgIpc) is 2.38. The van der Waals surface area contributed by atoms with E-state index in [-0.39, 0.29) is 6.04 Å². The van der Waals surface area contributed by atoms with E-state index < -0.39 is 10.0 Å². The molecule has 1 aliphatic rings. The highest BCUT2D eigenvalue weighted by molar-refractivity contribution is 9.09. The van der Waals surface area contributed by atoms with Crippen molar-refractivity contribution in [2.75, 3.05) is 25.1 Å². The summed E-state index contributed by atoms with van der Waals surface area (Å²) in [6.07, 6.45) is 0. The first-order valence-corrected chi connectivity index (χ1v) is 8.76. The van der Waals surface area contributed by atoms with Gasteiger partial charge in [-0.1, -0.05) is 33.6 Å². The van der Waals surface area contributed by atoms with Crippen LogP contribution in [0.5, 0.6) is 0 Å². The van der Waals surface area contributed by atoms with E-state index in [1.54, 1.807) is 10.4 Å². The molecule has 19 heavy (non-hydrogen) atoms. The molecule has 0 aliphatic carbocycles. The van der Waals surface area contributed by atoms with Gasteiger partial charge in [0.15, 0.2) is 0 Å². The summed E-state index contributed by atoms with van der Waals surface area (Å²) < 4.78 is 32.4. The third-order valence-electron chi connectivity index (χ3n) is 3.27. The molecule has 4 nitrogen and oxygen atoms in total. The molecule has 1 fully saturated rings. The highest BCUT2D eigenvalue weighted by atomic mass is 79.9. The maximum atomic E-state index is 12.7. The van der Waals surface area contributed by atoms with Crippen molar-refractivity contribution in [3.05, 3.63) is 29.3 Å². The van der Waals surface area contributed by atoms with Crippen molar-refractivity contribution in [1.29, 1.82) is 0 Å². The second-order valence-corrected chi connectivity index (χ2v) is 7.27. The summed E-state index contributed by atoms with van der Waals surface area (Å²) in [6, 6.07) is 5.29. The molecule has 0 aromatic heterocycles. The quantitative estimate of drug-likeness (QED) is 0.786. The van der Waals surface area contributed by atoms with E-state index in [0.717, 1.165) is 11.1 Å². The van der Waals surface area contributed by atoms with Crippen LogP contribution in [-0.2, 0) is 14.8 Å². The number of hydrogen-bond acceptors (Lipinski definition) is 3. The van der Waals surface area contributed by atoms with Crippen molar-refractivity contribution in [2.45, 2.75) is 24.8 Å². The van der Waals surface area contributed by atoms with Crippen molar-refractivity contribution >= 4 is 26.0 Å². The maximum absolute atomic E-state index is 12.7. The molecule has 0 amide bonds. The van der Waals surface area contributed by atoms with E-state index in [1.165, 1.54) is 0 Å². The molecule has 1 atom stereocenters. The van der Waals surface area contributed by atoms with Crippen LogP contribution in [0.15, 0.2) is 23.1 Å². The lowest BCUT2D eigenvalue weighted by molar-refractivity contribution is 0.0413. The van der Waals surface area contributed by atoms with Gasteiger partial charge in [-0.15, -0.1) is 0 Å². The van der Waals surface area contributed by atoms with Gasteiger partial charge >= 0.3 is 0 Å². The van der Waals surface area contributed by atoms with E-state index in [2.05, 4.69) is 15.9 Å². The van der Waals surface area contributed by atoms with E-state index in [9.17, 15) is 8.42 Å². The van der Waals surface area contributed by atoms with Gasteiger partial charge in [0.25, 0.3) is 0 Å². The van der Waals surface area contributed by atoms with Gasteiger partial charge in [0.2, 0.25) is 10.0 Å². The van der Waals surface area contributed by atoms with E-state index in [1.807, 2.05) is 26.0 Å². The second-order valence-electron chi connectivity index (χ2n) is 4.77. The predicted octanol–water partition coefficient (Wildman–Crippen LogP) is 2.09. The Bertz CT molecular complexity index is 559. The van der Waals surface area contributed by atoms with Crippen molar-refractivity contribution in [3.8, 4) is 0 Å². The first kappa shape index (κ1) is 15.0. The summed E-state index contributed by atoms with van der Waals surface area (Å²) in [7, 11) is -3.45. The lowest BCUT2D eigenvalue weighted by atomic mass is 10.2. The second kappa shape index (κ2) is 5.91. The Morgan fingerprint density at radius 2 is 2.16 bits per heavy atom. The molecule has 1 aliphatic heterocycles. The van der Waals surface area contributed by atoms with Crippen molar-refractivity contribution in [3.63, 3.8) is 0 Å². The Morgan fingerprint density at radius 3 is 2.79 bits per heavy atom. The van der Waals surface area contributed by atoms with E-state index in [4.69, 9.17) is 4.74 Å². The number of morpholine rings is 1. The zero-order valence-corrected chi connectivity index (χ0v) is 13.5. The summed E-state index contributed by atoms with van der Waals surface area (Å²) in [6.45, 7) is 5.10. The normalized spacial score (nSPS) is 21.5. The predicted molar refractivity (Wildman–Crippen MR) is 78.2 cm³/mol. The summed E-state index contributed by atoms with van der Waals surface area (Å²) in [4.78, 5) is 0.394. The van der Waals surface area contributed by atoms with Crippen molar-refractivity contribution in [2.24, 2.45) is 0 Å². The average molecular weight is 348 g/mol. The molecule has 0 N–H and O–H groups in total. The number of sulfonamides is 1. The Balaban J connectivity index is 2.40. The fraction of sp³-hybridized carbons (Fsp3) is 0.538. The van der Waals surface area contributed by atoms with E-state index in [0.29, 0.717) is 30.0 Å². The number of aryl methyl sites for hydroxylation is 2. The maximum Gasteiger partial charge on any atom is 0.243 e. The molecule has 0 saturated carbocycles. The standard InChI is InChI=1S/C13H18BrNO3S/c1-10-3-4-13(11(2)7-10)19(16,17)15-5-6-18-9-12(15)8-14/h3-4,7,12H,5-6,8-9H2,1-2H3. The summed E-state index contributed by atoms with van der Waals surface area (Å²) in [5.74, 6) is 0. The monoisotopic (exact) mass is 347 g/mol. The molecule has 0 radical (unpaired) electrons. The Morgan fingerprint density at radius 1 is 1.42 bits per heavy atom. The summed E-state index contributed by atoms with van der Waals surface area (Å²) in [5, 5.41) is 0.580. The smallest absolute Gasteiger partial charge is 0.243 e. The summed E-state index contributed by atoms with van der Waals surface area (Å²) in [5.41, 5.74) is 1.86. The molecule has 0 spiro atoms. The van der Waals surface area contributed by atoms with Crippen LogP contribution in [-0.4, -0.2) is 43.9 Å². The van der Waals surface area contributed by atoms with Gasteiger partial charge in [-0.05, 0) is 25.5 Å². The van der Waals surface area contributed by atoms with Crippen LogP contribution < -0.4 is 0 Å². The summed E-state index contributed by atoms with van der Waals surface area (Å²) >= 11 is 3.36. The Hall–Kier alpha value is -0.430. The van der Waals surface area contributed by atoms with Gasteiger partial charge in [-0.2, -0.15) is 4.31 Å². The number of benzene rings is 1. The Labute approximate surface area is 122 Å². The van der Waals surface area contributed by atoms with Crippen LogP contribution >= 0.6 is 15.9 Å². The molecule has 6 heteroatoms. The molecule has 2 rings (SSSR count). The minimum Gasteiger partial charge on any atom is -0.378 e. The minimum atomic E-state index is -3.45. The van der Waals surface area contributed by atoms with Gasteiger partial charge in [0.1, 0.15) is 0 Å². The van der Waals surface area contributed by atoms with Gasteiger partial charge in [-0.3, -0.25) is 0 Å². The first-order chi connectivity index (χ1) is 8.96. The Kier molecular flexibility index (Phi) is 4.66. The lowest BCUT2D eigenvalue weighted by Gasteiger charge is -2.33. The van der Waals surface area contributed by atoms with Gasteiger partial charge in [0.05, 0.1) is 24.2 Å². The largest absolute Gasteiger partial charge is 0.378 e. The molecule has 1 aromatic carbocycles. The molecule has 1 saturated heterocycles. The van der Waals surface area contributed by atoms with Crippen LogP contribution in [0.25, 0.3) is 0 Å². The number of hydrogen-bond donors (Lipinski definition) is 0. The van der Waals surface area contributed by atoms with Crippen LogP contribution in [0.3, 0.4) is 0 Å². The third kappa shape index (κ3) is 3.02. The lowest BCUT2D eigenvalue weighted by Crippen LogP contribution is -2.49. The first-order valence-electron chi connectivity index (χ1n) is 6.19. The van der Waals surface area contributed by atoms with Crippen LogP contribution in [0.2, 0.25) is 0 Å². The number of alkyl halides is 1. The molecule has 106 valence electrons. The number of nitrogens with zero attached hydrogens (tertiary/aromatic N) is 1. The van der Waals surface area contributed by atoms with Crippen LogP contribution in [0.1, 0.15) is 11.1 Å². The SMILES string of the molecule is Cc1ccc(S(=O)(=O)N2CCOCC2CBr)c(C)c1. The molecule has 1 aromatic rings. The van der Waals surface area contributed by atoms with Gasteiger partial charge in [-0.25, -0.2) is 8.42 Å². The molecule has 1 unspecified atom stereocenters. The topological polar surface area (TPSA) is 46.6 Å². The van der Waals surface area contributed by atoms with Crippen molar-refractivity contribution in [1.82, 2.24) is 4.31 Å². The van der Waals surface area contributed by atoms with E-state index >= 15 is 0 Å². The zero-order valence-electron chi connectivity index (χ0n) is 11.1. The minimum absolute atomic E-state index is 0.139. The fourth-order valence-corrected chi connectivity index (χ4v) is 4.82. The van der Waals surface area contributed by atoms with Crippen molar-refractivity contribution < 1.29 is 13.2 Å². The molecule has 0 bridgehead atoms. The van der Waals surface area contributed by atoms with Crippen LogP contribution in [0.4, 0.5) is 0 Å². The highest BCUT2D eigenvalue weighted by Crippen LogP contribution is 2.24. The highest BCUT2D eigenvalue weighted by Gasteiger charge is 2.34. The third-order valence-corrected chi connectivity index (χ3v) is 6.13. The number of halogens is 1. The van der Waals surface area contributed by atoms with Crippen LogP contribution in [0, 0.1) is 13.8 Å². The molecular weight excluding hydrogens is 330 g/mol. The molecular formula is C13H18BrNO3S. The van der Waals surface area contributed by atoms with Gasteiger partial charge in [0, 0.05) is 11.9 Å². The number of ether oxygens (including phenoxy) is 1. The number of rotatable bonds is 3. The zero-order chi connectivity index (χ0) is 14.0. The fourth-order valence-electron chi connectivity index (χ4n) is 2.29. The molecule has 1 heterocycles. The van der Waals surface area contributed by atoms with Gasteiger partial charge < -0.3 is 4.74 Å².